The van der Waals surface area contributed by atoms with Crippen molar-refractivity contribution in [1.82, 2.24) is 0 Å². The van der Waals surface area contributed by atoms with E-state index in [9.17, 15) is 27.9 Å². The summed E-state index contributed by atoms with van der Waals surface area (Å²) in [5.74, 6) is 0.795. The van der Waals surface area contributed by atoms with Crippen LogP contribution in [0, 0.1) is 40.9 Å². The molecule has 4 aliphatic rings. The van der Waals surface area contributed by atoms with E-state index in [1.54, 1.807) is 0 Å². The molecule has 7 heteroatoms. The standard InChI is InChI=1S/C23H33F3O4/c1-21-9-7-15-14-8-10-22(29,23(24,25)26)12-13(14)3-4-16(15)17(21)5-6-18(21)19(27)11-20(28)30-2/h13-18,29H,3-12H2,1-2H3/t13-,14+,15-,16-,17+,18-,21+,22-/m1/s1. The number of hydrogen-bond donors (Lipinski definition) is 1. The highest BCUT2D eigenvalue weighted by Crippen LogP contribution is 2.65. The van der Waals surface area contributed by atoms with Crippen LogP contribution in [0.25, 0.3) is 0 Å². The van der Waals surface area contributed by atoms with Gasteiger partial charge in [-0.1, -0.05) is 6.92 Å². The van der Waals surface area contributed by atoms with Crippen LogP contribution in [0.4, 0.5) is 13.2 Å². The number of alkyl halides is 3. The van der Waals surface area contributed by atoms with Crippen LogP contribution >= 0.6 is 0 Å². The predicted octanol–water partition coefficient (Wildman–Crippen LogP) is 4.68. The van der Waals surface area contributed by atoms with Crippen molar-refractivity contribution in [1.29, 1.82) is 0 Å². The lowest BCUT2D eigenvalue weighted by Crippen LogP contribution is -2.55. The summed E-state index contributed by atoms with van der Waals surface area (Å²) in [5.41, 5.74) is -2.65. The Morgan fingerprint density at radius 3 is 2.37 bits per heavy atom. The molecule has 0 aromatic carbocycles. The van der Waals surface area contributed by atoms with E-state index in [0.717, 1.165) is 38.5 Å². The van der Waals surface area contributed by atoms with Crippen molar-refractivity contribution in [2.24, 2.45) is 40.9 Å². The van der Waals surface area contributed by atoms with Crippen molar-refractivity contribution in [3.63, 3.8) is 0 Å². The van der Waals surface area contributed by atoms with E-state index in [0.29, 0.717) is 24.2 Å². The molecule has 0 unspecified atom stereocenters. The van der Waals surface area contributed by atoms with Gasteiger partial charge in [0, 0.05) is 5.92 Å². The zero-order chi connectivity index (χ0) is 21.9. The number of fused-ring (bicyclic) bond motifs is 5. The minimum Gasteiger partial charge on any atom is -0.469 e. The Bertz CT molecular complexity index is 707. The molecule has 4 nitrogen and oxygen atoms in total. The maximum Gasteiger partial charge on any atom is 0.417 e. The molecule has 0 radical (unpaired) electrons. The van der Waals surface area contributed by atoms with Gasteiger partial charge in [0.2, 0.25) is 0 Å². The molecule has 30 heavy (non-hydrogen) atoms. The molecular formula is C23H33F3O4. The summed E-state index contributed by atoms with van der Waals surface area (Å²) < 4.78 is 44.8. The average molecular weight is 431 g/mol. The Labute approximate surface area is 175 Å². The quantitative estimate of drug-likeness (QED) is 0.522. The monoisotopic (exact) mass is 430 g/mol. The largest absolute Gasteiger partial charge is 0.469 e. The van der Waals surface area contributed by atoms with E-state index in [4.69, 9.17) is 0 Å². The van der Waals surface area contributed by atoms with Gasteiger partial charge in [-0.2, -0.15) is 13.2 Å². The number of esters is 1. The topological polar surface area (TPSA) is 63.6 Å². The molecule has 8 atom stereocenters. The molecule has 0 bridgehead atoms. The zero-order valence-corrected chi connectivity index (χ0v) is 17.8. The molecule has 0 aromatic rings. The van der Waals surface area contributed by atoms with E-state index in [1.165, 1.54) is 7.11 Å². The fourth-order valence-electron chi connectivity index (χ4n) is 8.00. The number of carbonyl (C=O) groups is 2. The summed E-state index contributed by atoms with van der Waals surface area (Å²) in [6, 6.07) is 0. The molecule has 0 aliphatic heterocycles. The Hall–Kier alpha value is -1.11. The van der Waals surface area contributed by atoms with Gasteiger partial charge in [0.05, 0.1) is 7.11 Å². The first-order valence-electron chi connectivity index (χ1n) is 11.4. The second kappa shape index (κ2) is 7.49. The van der Waals surface area contributed by atoms with E-state index < -0.39 is 17.7 Å². The average Bonchev–Trinajstić information content (AvgIpc) is 3.03. The van der Waals surface area contributed by atoms with Crippen LogP contribution in [0.1, 0.15) is 71.1 Å². The Kier molecular flexibility index (Phi) is 5.52. The van der Waals surface area contributed by atoms with Gasteiger partial charge in [0.15, 0.2) is 5.60 Å². The lowest BCUT2D eigenvalue weighted by Gasteiger charge is -2.57. The summed E-state index contributed by atoms with van der Waals surface area (Å²) in [6.07, 6.45) is 0.563. The number of hydrogen-bond acceptors (Lipinski definition) is 4. The minimum absolute atomic E-state index is 0.0214. The lowest BCUT2D eigenvalue weighted by atomic mass is 9.48. The fraction of sp³-hybridized carbons (Fsp3) is 0.913. The third-order valence-electron chi connectivity index (χ3n) is 9.47. The third-order valence-corrected chi connectivity index (χ3v) is 9.47. The minimum atomic E-state index is -4.56. The number of carbonyl (C=O) groups excluding carboxylic acids is 2. The van der Waals surface area contributed by atoms with Crippen LogP contribution in [0.15, 0.2) is 0 Å². The Morgan fingerprint density at radius 2 is 1.70 bits per heavy atom. The number of halogens is 3. The third kappa shape index (κ3) is 3.39. The van der Waals surface area contributed by atoms with Crippen LogP contribution in [0.2, 0.25) is 0 Å². The Morgan fingerprint density at radius 1 is 1.00 bits per heavy atom. The number of aliphatic hydroxyl groups is 1. The molecule has 0 saturated heterocycles. The normalized spacial score (nSPS) is 45.8. The maximum absolute atomic E-state index is 13.4. The van der Waals surface area contributed by atoms with Crippen molar-refractivity contribution in [3.05, 3.63) is 0 Å². The molecule has 0 amide bonds. The lowest BCUT2D eigenvalue weighted by molar-refractivity contribution is -0.282. The van der Waals surface area contributed by atoms with Crippen molar-refractivity contribution in [2.75, 3.05) is 7.11 Å². The second-order valence-electron chi connectivity index (χ2n) is 10.6. The molecule has 170 valence electrons. The van der Waals surface area contributed by atoms with Crippen LogP contribution in [-0.4, -0.2) is 35.7 Å². The molecule has 0 spiro atoms. The van der Waals surface area contributed by atoms with Crippen LogP contribution < -0.4 is 0 Å². The molecule has 0 aromatic heterocycles. The number of methoxy groups -OCH3 is 1. The van der Waals surface area contributed by atoms with E-state index in [-0.39, 0.29) is 48.2 Å². The smallest absolute Gasteiger partial charge is 0.417 e. The molecule has 1 N–H and O–H groups in total. The van der Waals surface area contributed by atoms with Crippen LogP contribution in [-0.2, 0) is 14.3 Å². The zero-order valence-electron chi connectivity index (χ0n) is 17.8. The summed E-state index contributed by atoms with van der Waals surface area (Å²) in [4.78, 5) is 24.4. The molecular weight excluding hydrogens is 397 g/mol. The van der Waals surface area contributed by atoms with Crippen molar-refractivity contribution < 1.29 is 32.6 Å². The van der Waals surface area contributed by atoms with Gasteiger partial charge >= 0.3 is 12.1 Å². The first-order chi connectivity index (χ1) is 14.0. The van der Waals surface area contributed by atoms with Gasteiger partial charge < -0.3 is 9.84 Å². The van der Waals surface area contributed by atoms with Crippen molar-refractivity contribution in [3.8, 4) is 0 Å². The SMILES string of the molecule is COC(=O)CC(=O)[C@H]1CC[C@H]2[C@@H]3CC[C@@H]4C[C@@](O)(C(F)(F)F)CC[C@@H]4[C@H]3CC[C@]12C. The highest BCUT2D eigenvalue weighted by molar-refractivity contribution is 5.97. The van der Waals surface area contributed by atoms with Crippen molar-refractivity contribution >= 4 is 11.8 Å². The van der Waals surface area contributed by atoms with Gasteiger partial charge in [-0.05, 0) is 92.8 Å². The van der Waals surface area contributed by atoms with Crippen molar-refractivity contribution in [2.45, 2.75) is 82.9 Å². The fourth-order valence-corrected chi connectivity index (χ4v) is 8.00. The second-order valence-corrected chi connectivity index (χ2v) is 10.6. The number of ether oxygens (including phenoxy) is 1. The van der Waals surface area contributed by atoms with E-state index in [1.807, 2.05) is 0 Å². The number of ketones is 1. The summed E-state index contributed by atoms with van der Waals surface area (Å²) in [5, 5.41) is 10.2. The van der Waals surface area contributed by atoms with Crippen LogP contribution in [0.3, 0.4) is 0 Å². The van der Waals surface area contributed by atoms with E-state index >= 15 is 0 Å². The molecule has 0 heterocycles. The number of rotatable bonds is 3. The maximum atomic E-state index is 13.4. The van der Waals surface area contributed by atoms with E-state index in [2.05, 4.69) is 11.7 Å². The van der Waals surface area contributed by atoms with Gasteiger partial charge in [0.25, 0.3) is 0 Å². The summed E-state index contributed by atoms with van der Waals surface area (Å²) in [6.45, 7) is 2.19. The molecule has 4 aliphatic carbocycles. The Balaban J connectivity index is 1.48. The molecule has 4 fully saturated rings. The number of Topliss-reactive ketones (excluding diaryl/α,β-unsaturated/α-hetero) is 1. The first kappa shape index (κ1) is 22.1. The highest BCUT2D eigenvalue weighted by Gasteiger charge is 2.62. The molecule has 4 saturated carbocycles. The predicted molar refractivity (Wildman–Crippen MR) is 103 cm³/mol. The molecule has 4 rings (SSSR count). The highest BCUT2D eigenvalue weighted by atomic mass is 19.4. The first-order valence-corrected chi connectivity index (χ1v) is 11.4. The van der Waals surface area contributed by atoms with Gasteiger partial charge in [-0.25, -0.2) is 0 Å². The summed E-state index contributed by atoms with van der Waals surface area (Å²) in [7, 11) is 1.29. The van der Waals surface area contributed by atoms with Gasteiger partial charge in [0.1, 0.15) is 12.2 Å². The van der Waals surface area contributed by atoms with Gasteiger partial charge in [-0.15, -0.1) is 0 Å². The van der Waals surface area contributed by atoms with Crippen LogP contribution in [0.5, 0.6) is 0 Å². The van der Waals surface area contributed by atoms with Gasteiger partial charge in [-0.3, -0.25) is 9.59 Å². The summed E-state index contributed by atoms with van der Waals surface area (Å²) >= 11 is 0.